The predicted molar refractivity (Wildman–Crippen MR) is 102 cm³/mol. The number of hydrogen-bond donors (Lipinski definition) is 4. The van der Waals surface area contributed by atoms with Crippen LogP contribution >= 0.6 is 23.8 Å². The number of benzene rings is 2. The van der Waals surface area contributed by atoms with Gasteiger partial charge >= 0.3 is 0 Å². The van der Waals surface area contributed by atoms with Crippen LogP contribution in [-0.2, 0) is 4.79 Å². The van der Waals surface area contributed by atoms with Crippen LogP contribution in [0.4, 0.5) is 5.69 Å². The van der Waals surface area contributed by atoms with Crippen LogP contribution in [0.1, 0.15) is 18.5 Å². The number of carbonyl (C=O) groups is 1. The van der Waals surface area contributed by atoms with Crippen molar-refractivity contribution in [1.29, 1.82) is 0 Å². The third kappa shape index (κ3) is 3.75. The van der Waals surface area contributed by atoms with Crippen molar-refractivity contribution < 1.29 is 9.90 Å². The minimum atomic E-state index is -0.433. The quantitative estimate of drug-likeness (QED) is 0.620. The molecule has 0 bridgehead atoms. The first kappa shape index (κ1) is 17.3. The van der Waals surface area contributed by atoms with E-state index in [-0.39, 0.29) is 11.7 Å². The van der Waals surface area contributed by atoms with E-state index in [1.807, 2.05) is 0 Å². The number of halogens is 1. The largest absolute Gasteiger partial charge is 0.508 e. The first-order valence-corrected chi connectivity index (χ1v) is 8.37. The van der Waals surface area contributed by atoms with Gasteiger partial charge in [-0.1, -0.05) is 35.9 Å². The van der Waals surface area contributed by atoms with Crippen molar-refractivity contribution in [1.82, 2.24) is 10.6 Å². The molecular weight excluding hydrogens is 358 g/mol. The maximum Gasteiger partial charge on any atom is 0.255 e. The van der Waals surface area contributed by atoms with Crippen molar-refractivity contribution in [2.24, 2.45) is 0 Å². The SMILES string of the molecule is CC1=C(C(=O)Nc2ccccc2Cl)[C@H](c2ccc(O)cc2)NC(=S)N1. The second-order valence-electron chi connectivity index (χ2n) is 5.60. The molecular formula is C18H16ClN3O2S. The minimum absolute atomic E-state index is 0.156. The molecule has 1 heterocycles. The number of amides is 1. The Balaban J connectivity index is 1.96. The van der Waals surface area contributed by atoms with Crippen LogP contribution in [0, 0.1) is 0 Å². The topological polar surface area (TPSA) is 73.4 Å². The Labute approximate surface area is 155 Å². The molecule has 5 nitrogen and oxygen atoms in total. The van der Waals surface area contributed by atoms with Crippen LogP contribution in [0.5, 0.6) is 5.75 Å². The van der Waals surface area contributed by atoms with Crippen LogP contribution in [-0.4, -0.2) is 16.1 Å². The Kier molecular flexibility index (Phi) is 4.92. The average Bonchev–Trinajstić information content (AvgIpc) is 2.57. The van der Waals surface area contributed by atoms with E-state index in [4.69, 9.17) is 23.8 Å². The maximum atomic E-state index is 12.9. The maximum absolute atomic E-state index is 12.9. The van der Waals surface area contributed by atoms with E-state index in [1.54, 1.807) is 55.5 Å². The van der Waals surface area contributed by atoms with Gasteiger partial charge in [-0.3, -0.25) is 4.79 Å². The van der Waals surface area contributed by atoms with Gasteiger partial charge in [0.1, 0.15) is 5.75 Å². The first-order valence-electron chi connectivity index (χ1n) is 7.59. The van der Waals surface area contributed by atoms with Crippen molar-refractivity contribution >= 4 is 40.5 Å². The number of carbonyl (C=O) groups excluding carboxylic acids is 1. The Bertz CT molecular complexity index is 865. The lowest BCUT2D eigenvalue weighted by atomic mass is 9.95. The molecule has 1 aliphatic heterocycles. The lowest BCUT2D eigenvalue weighted by molar-refractivity contribution is -0.113. The van der Waals surface area contributed by atoms with Crippen molar-refractivity contribution in [3.63, 3.8) is 0 Å². The van der Waals surface area contributed by atoms with Crippen molar-refractivity contribution in [2.75, 3.05) is 5.32 Å². The molecule has 7 heteroatoms. The zero-order valence-corrected chi connectivity index (χ0v) is 14.9. The van der Waals surface area contributed by atoms with Gasteiger partial charge in [-0.05, 0) is 49.0 Å². The van der Waals surface area contributed by atoms with Gasteiger partial charge < -0.3 is 21.1 Å². The van der Waals surface area contributed by atoms with E-state index < -0.39 is 6.04 Å². The van der Waals surface area contributed by atoms with Crippen LogP contribution in [0.25, 0.3) is 0 Å². The number of allylic oxidation sites excluding steroid dienone is 1. The summed E-state index contributed by atoms with van der Waals surface area (Å²) < 4.78 is 0. The summed E-state index contributed by atoms with van der Waals surface area (Å²) in [6.07, 6.45) is 0. The molecule has 1 aliphatic rings. The molecule has 3 rings (SSSR count). The van der Waals surface area contributed by atoms with E-state index in [0.717, 1.165) is 5.56 Å². The summed E-state index contributed by atoms with van der Waals surface area (Å²) in [5.74, 6) is -0.130. The van der Waals surface area contributed by atoms with Crippen LogP contribution in [0.2, 0.25) is 5.02 Å². The molecule has 2 aromatic rings. The number of hydrogen-bond acceptors (Lipinski definition) is 3. The van der Waals surface area contributed by atoms with E-state index >= 15 is 0 Å². The summed E-state index contributed by atoms with van der Waals surface area (Å²) >= 11 is 11.3. The van der Waals surface area contributed by atoms with E-state index in [0.29, 0.717) is 27.1 Å². The standard InChI is InChI=1S/C18H16ClN3O2S/c1-10-15(17(24)21-14-5-3-2-4-13(14)19)16(22-18(25)20-10)11-6-8-12(23)9-7-11/h2-9,16,23H,1H3,(H,21,24)(H2,20,22,25)/t16-/m0/s1. The Hall–Kier alpha value is -2.57. The Morgan fingerprint density at radius 3 is 2.56 bits per heavy atom. The number of thiocarbonyl (C=S) groups is 1. The molecule has 25 heavy (non-hydrogen) atoms. The van der Waals surface area contributed by atoms with Crippen LogP contribution in [0.3, 0.4) is 0 Å². The van der Waals surface area contributed by atoms with E-state index in [9.17, 15) is 9.90 Å². The molecule has 0 aliphatic carbocycles. The molecule has 128 valence electrons. The van der Waals surface area contributed by atoms with Crippen LogP contribution in [0.15, 0.2) is 59.8 Å². The Morgan fingerprint density at radius 2 is 1.88 bits per heavy atom. The van der Waals surface area contributed by atoms with Crippen molar-refractivity contribution in [2.45, 2.75) is 13.0 Å². The summed E-state index contributed by atoms with van der Waals surface area (Å²) in [7, 11) is 0. The smallest absolute Gasteiger partial charge is 0.255 e. The summed E-state index contributed by atoms with van der Waals surface area (Å²) in [4.78, 5) is 12.9. The molecule has 2 aromatic carbocycles. The van der Waals surface area contributed by atoms with E-state index in [2.05, 4.69) is 16.0 Å². The number of nitrogens with one attached hydrogen (secondary N) is 3. The molecule has 0 saturated carbocycles. The van der Waals surface area contributed by atoms with Gasteiger partial charge in [0.25, 0.3) is 5.91 Å². The van der Waals surface area contributed by atoms with Gasteiger partial charge in [0.15, 0.2) is 5.11 Å². The van der Waals surface area contributed by atoms with Crippen molar-refractivity contribution in [3.8, 4) is 5.75 Å². The third-order valence-corrected chi connectivity index (χ3v) is 4.41. The van der Waals surface area contributed by atoms with Gasteiger partial charge in [-0.15, -0.1) is 0 Å². The van der Waals surface area contributed by atoms with Gasteiger partial charge in [-0.25, -0.2) is 0 Å². The molecule has 0 aromatic heterocycles. The minimum Gasteiger partial charge on any atom is -0.508 e. The second kappa shape index (κ2) is 7.13. The molecule has 0 radical (unpaired) electrons. The fraction of sp³-hybridized carbons (Fsp3) is 0.111. The summed E-state index contributed by atoms with van der Waals surface area (Å²) in [5.41, 5.74) is 2.50. The van der Waals surface area contributed by atoms with Crippen molar-refractivity contribution in [3.05, 3.63) is 70.4 Å². The molecule has 0 saturated heterocycles. The predicted octanol–water partition coefficient (Wildman–Crippen LogP) is 3.48. The lowest BCUT2D eigenvalue weighted by Gasteiger charge is -2.30. The number of phenols is 1. The number of para-hydroxylation sites is 1. The summed E-state index contributed by atoms with van der Waals surface area (Å²) in [6.45, 7) is 1.79. The summed E-state index contributed by atoms with van der Waals surface area (Å²) in [6, 6.07) is 13.2. The molecule has 0 fully saturated rings. The number of phenolic OH excluding ortho intramolecular Hbond substituents is 1. The fourth-order valence-electron chi connectivity index (χ4n) is 2.66. The Morgan fingerprint density at radius 1 is 1.20 bits per heavy atom. The summed E-state index contributed by atoms with van der Waals surface area (Å²) in [5, 5.41) is 19.3. The first-order chi connectivity index (χ1) is 12.0. The average molecular weight is 374 g/mol. The van der Waals surface area contributed by atoms with E-state index in [1.165, 1.54) is 0 Å². The van der Waals surface area contributed by atoms with Gasteiger partial charge in [0.05, 0.1) is 22.3 Å². The highest BCUT2D eigenvalue weighted by Gasteiger charge is 2.30. The molecule has 4 N–H and O–H groups in total. The molecule has 0 unspecified atom stereocenters. The number of anilines is 1. The normalized spacial score (nSPS) is 16.9. The molecule has 0 spiro atoms. The molecule has 1 atom stereocenters. The van der Waals surface area contributed by atoms with Gasteiger partial charge in [-0.2, -0.15) is 0 Å². The molecule has 1 amide bonds. The third-order valence-electron chi connectivity index (χ3n) is 3.86. The zero-order chi connectivity index (χ0) is 18.0. The highest BCUT2D eigenvalue weighted by Crippen LogP contribution is 2.30. The highest BCUT2D eigenvalue weighted by atomic mass is 35.5. The fourth-order valence-corrected chi connectivity index (χ4v) is 3.12. The second-order valence-corrected chi connectivity index (χ2v) is 6.41. The van der Waals surface area contributed by atoms with Crippen LogP contribution < -0.4 is 16.0 Å². The lowest BCUT2D eigenvalue weighted by Crippen LogP contribution is -2.45. The zero-order valence-electron chi connectivity index (χ0n) is 13.3. The van der Waals surface area contributed by atoms with Gasteiger partial charge in [0.2, 0.25) is 0 Å². The number of rotatable bonds is 3. The van der Waals surface area contributed by atoms with Gasteiger partial charge in [0, 0.05) is 5.70 Å². The monoisotopic (exact) mass is 373 g/mol. The highest BCUT2D eigenvalue weighted by molar-refractivity contribution is 7.80. The number of aromatic hydroxyl groups is 1.